The molecule has 2 nitrogen and oxygen atoms in total. The second-order valence-electron chi connectivity index (χ2n) is 6.94. The minimum atomic E-state index is -0.0451. The van der Waals surface area contributed by atoms with Crippen molar-refractivity contribution >= 4 is 11.6 Å². The molecule has 1 aliphatic heterocycles. The molecule has 2 aromatic rings. The maximum Gasteiger partial charge on any atom is 0.108 e. The van der Waals surface area contributed by atoms with Crippen molar-refractivity contribution < 1.29 is 4.74 Å². The molecule has 3 heteroatoms. The molecule has 0 radical (unpaired) electrons. The molecule has 1 aliphatic rings. The summed E-state index contributed by atoms with van der Waals surface area (Å²) in [6.45, 7) is 4.57. The van der Waals surface area contributed by atoms with E-state index in [4.69, 9.17) is 16.3 Å². The van der Waals surface area contributed by atoms with Crippen LogP contribution in [0.25, 0.3) is 0 Å². The third-order valence-electron chi connectivity index (χ3n) is 5.20. The van der Waals surface area contributed by atoms with E-state index in [1.54, 1.807) is 0 Å². The minimum absolute atomic E-state index is 0.0451. The summed E-state index contributed by atoms with van der Waals surface area (Å²) in [4.78, 5) is 2.44. The van der Waals surface area contributed by atoms with Crippen molar-refractivity contribution in [2.45, 2.75) is 51.0 Å². The fourth-order valence-corrected chi connectivity index (χ4v) is 3.67. The third kappa shape index (κ3) is 4.00. The Bertz CT molecular complexity index is 631. The average Bonchev–Trinajstić information content (AvgIpc) is 2.59. The molecule has 1 fully saturated rings. The van der Waals surface area contributed by atoms with Gasteiger partial charge < -0.3 is 9.64 Å². The lowest BCUT2D eigenvalue weighted by atomic mass is 9.94. The molecular weight excluding hydrogens is 318 g/mol. The Morgan fingerprint density at radius 2 is 1.46 bits per heavy atom. The molecule has 0 aromatic heterocycles. The van der Waals surface area contributed by atoms with Crippen molar-refractivity contribution in [3.05, 3.63) is 70.7 Å². The van der Waals surface area contributed by atoms with Gasteiger partial charge in [0.2, 0.25) is 0 Å². The van der Waals surface area contributed by atoms with E-state index >= 15 is 0 Å². The Labute approximate surface area is 150 Å². The summed E-state index contributed by atoms with van der Waals surface area (Å²) in [5.41, 5.74) is 2.35. The number of likely N-dealkylation sites (tertiary alicyclic amines) is 1. The Kier molecular flexibility index (Phi) is 5.60. The molecule has 128 valence electrons. The lowest BCUT2D eigenvalue weighted by Crippen LogP contribution is -2.46. The number of hydrogen-bond donors (Lipinski definition) is 0. The molecular formula is C21H26ClNO. The summed E-state index contributed by atoms with van der Waals surface area (Å²) in [6.07, 6.45) is 2.36. The van der Waals surface area contributed by atoms with E-state index in [0.717, 1.165) is 23.4 Å². The second kappa shape index (κ2) is 7.69. The molecule has 1 heterocycles. The maximum absolute atomic E-state index is 6.62. The van der Waals surface area contributed by atoms with Gasteiger partial charge in [-0.25, -0.2) is 0 Å². The molecule has 2 aromatic carbocycles. The standard InChI is InChI=1S/C21H26ClNO/c1-15-13-20(14-16(2)23(15)3)24-21(17-7-5-4-6-8-17)18-9-11-19(22)12-10-18/h4-12,15-16,20-21H,13-14H2,1-3H3. The highest BCUT2D eigenvalue weighted by molar-refractivity contribution is 6.30. The zero-order valence-electron chi connectivity index (χ0n) is 14.7. The second-order valence-corrected chi connectivity index (χ2v) is 7.37. The average molecular weight is 344 g/mol. The fraction of sp³-hybridized carbons (Fsp3) is 0.429. The summed E-state index contributed by atoms with van der Waals surface area (Å²) < 4.78 is 6.62. The first-order chi connectivity index (χ1) is 11.5. The molecule has 24 heavy (non-hydrogen) atoms. The highest BCUT2D eigenvalue weighted by Gasteiger charge is 2.31. The van der Waals surface area contributed by atoms with Gasteiger partial charge in [-0.1, -0.05) is 54.1 Å². The topological polar surface area (TPSA) is 12.5 Å². The minimum Gasteiger partial charge on any atom is -0.365 e. The third-order valence-corrected chi connectivity index (χ3v) is 5.45. The van der Waals surface area contributed by atoms with Gasteiger partial charge in [0.1, 0.15) is 6.10 Å². The van der Waals surface area contributed by atoms with Crippen LogP contribution in [0, 0.1) is 0 Å². The lowest BCUT2D eigenvalue weighted by Gasteiger charge is -2.41. The van der Waals surface area contributed by atoms with Crippen LogP contribution in [0.5, 0.6) is 0 Å². The molecule has 0 bridgehead atoms. The van der Waals surface area contributed by atoms with Gasteiger partial charge in [-0.3, -0.25) is 0 Å². The number of nitrogens with zero attached hydrogens (tertiary/aromatic N) is 1. The largest absolute Gasteiger partial charge is 0.365 e. The van der Waals surface area contributed by atoms with Crippen LogP contribution in [0.4, 0.5) is 0 Å². The Balaban J connectivity index is 1.84. The molecule has 0 spiro atoms. The molecule has 0 amide bonds. The van der Waals surface area contributed by atoms with E-state index in [1.807, 2.05) is 18.2 Å². The van der Waals surface area contributed by atoms with Crippen LogP contribution >= 0.6 is 11.6 Å². The number of ether oxygens (including phenoxy) is 1. The Hall–Kier alpha value is -1.35. The van der Waals surface area contributed by atoms with Crippen LogP contribution in [0.15, 0.2) is 54.6 Å². The summed E-state index contributed by atoms with van der Waals surface area (Å²) >= 11 is 6.06. The summed E-state index contributed by atoms with van der Waals surface area (Å²) in [5, 5.41) is 0.757. The molecule has 3 rings (SSSR count). The number of benzene rings is 2. The van der Waals surface area contributed by atoms with Gasteiger partial charge in [0, 0.05) is 17.1 Å². The van der Waals surface area contributed by atoms with E-state index < -0.39 is 0 Å². The van der Waals surface area contributed by atoms with Crippen molar-refractivity contribution in [1.29, 1.82) is 0 Å². The van der Waals surface area contributed by atoms with Gasteiger partial charge in [-0.2, -0.15) is 0 Å². The smallest absolute Gasteiger partial charge is 0.108 e. The van der Waals surface area contributed by atoms with Crippen molar-refractivity contribution in [1.82, 2.24) is 4.90 Å². The SMILES string of the molecule is CC1CC(OC(c2ccccc2)c2ccc(Cl)cc2)CC(C)N1C. The van der Waals surface area contributed by atoms with E-state index in [1.165, 1.54) is 5.56 Å². The fourth-order valence-electron chi connectivity index (χ4n) is 3.54. The zero-order chi connectivity index (χ0) is 17.1. The number of piperidine rings is 1. The monoisotopic (exact) mass is 343 g/mol. The lowest BCUT2D eigenvalue weighted by molar-refractivity contribution is -0.0525. The first-order valence-corrected chi connectivity index (χ1v) is 9.10. The number of rotatable bonds is 4. The van der Waals surface area contributed by atoms with Gasteiger partial charge >= 0.3 is 0 Å². The molecule has 3 atom stereocenters. The zero-order valence-corrected chi connectivity index (χ0v) is 15.4. The van der Waals surface area contributed by atoms with Crippen molar-refractivity contribution in [3.63, 3.8) is 0 Å². The highest BCUT2D eigenvalue weighted by Crippen LogP contribution is 2.33. The van der Waals surface area contributed by atoms with Crippen LogP contribution in [0.2, 0.25) is 5.02 Å². The molecule has 0 aliphatic carbocycles. The molecule has 1 saturated heterocycles. The number of halogens is 1. The van der Waals surface area contributed by atoms with Crippen LogP contribution in [0.1, 0.15) is 43.9 Å². The molecule has 0 saturated carbocycles. The van der Waals surface area contributed by atoms with Gasteiger partial charge in [0.25, 0.3) is 0 Å². The van der Waals surface area contributed by atoms with E-state index in [0.29, 0.717) is 12.1 Å². The molecule has 3 unspecified atom stereocenters. The predicted molar refractivity (Wildman–Crippen MR) is 101 cm³/mol. The first kappa shape index (κ1) is 17.5. The number of hydrogen-bond acceptors (Lipinski definition) is 2. The Morgan fingerprint density at radius 1 is 0.917 bits per heavy atom. The molecule has 0 N–H and O–H groups in total. The quantitative estimate of drug-likeness (QED) is 0.745. The van der Waals surface area contributed by atoms with Crippen LogP contribution in [-0.2, 0) is 4.74 Å². The summed E-state index contributed by atoms with van der Waals surface area (Å²) in [7, 11) is 2.21. The predicted octanol–water partition coefficient (Wildman–Crippen LogP) is 5.32. The van der Waals surface area contributed by atoms with E-state index in [2.05, 4.69) is 62.2 Å². The van der Waals surface area contributed by atoms with Gasteiger partial charge in [-0.05, 0) is 57.0 Å². The normalized spacial score (nSPS) is 26.2. The first-order valence-electron chi connectivity index (χ1n) is 8.72. The van der Waals surface area contributed by atoms with Gasteiger partial charge in [0.15, 0.2) is 0 Å². The van der Waals surface area contributed by atoms with Gasteiger partial charge in [-0.15, -0.1) is 0 Å². The Morgan fingerprint density at radius 3 is 2.04 bits per heavy atom. The summed E-state index contributed by atoms with van der Waals surface area (Å²) in [6, 6.07) is 19.6. The van der Waals surface area contributed by atoms with Crippen molar-refractivity contribution in [2.24, 2.45) is 0 Å². The van der Waals surface area contributed by atoms with Crippen LogP contribution in [-0.4, -0.2) is 30.1 Å². The van der Waals surface area contributed by atoms with E-state index in [-0.39, 0.29) is 12.2 Å². The van der Waals surface area contributed by atoms with Crippen LogP contribution in [0.3, 0.4) is 0 Å². The maximum atomic E-state index is 6.62. The van der Waals surface area contributed by atoms with Crippen LogP contribution < -0.4 is 0 Å². The van der Waals surface area contributed by atoms with Crippen molar-refractivity contribution in [3.8, 4) is 0 Å². The van der Waals surface area contributed by atoms with E-state index in [9.17, 15) is 0 Å². The highest BCUT2D eigenvalue weighted by atomic mass is 35.5. The van der Waals surface area contributed by atoms with Gasteiger partial charge in [0.05, 0.1) is 6.10 Å². The van der Waals surface area contributed by atoms with Crippen molar-refractivity contribution in [2.75, 3.05) is 7.05 Å². The summed E-state index contributed by atoms with van der Waals surface area (Å²) in [5.74, 6) is 0.